The number of hydrogen-bond donors (Lipinski definition) is 2. The molecule has 28 heavy (non-hydrogen) atoms. The molecule has 0 radical (unpaired) electrons. The number of amides is 4. The number of nitrogens with zero attached hydrogens (tertiary/aromatic N) is 1. The summed E-state index contributed by atoms with van der Waals surface area (Å²) in [6, 6.07) is 5.13. The number of fused-ring (bicyclic) bond motifs is 3. The van der Waals surface area contributed by atoms with E-state index in [0.717, 1.165) is 16.3 Å². The van der Waals surface area contributed by atoms with E-state index in [-0.39, 0.29) is 23.9 Å². The Bertz CT molecular complexity index is 812. The highest BCUT2D eigenvalue weighted by Crippen LogP contribution is 2.49. The maximum absolute atomic E-state index is 12.4. The Morgan fingerprint density at radius 3 is 2.71 bits per heavy atom. The molecule has 1 heterocycles. The minimum atomic E-state index is -0.268. The molecule has 0 aromatic heterocycles. The first-order valence-electron chi connectivity index (χ1n) is 10.1. The van der Waals surface area contributed by atoms with Crippen molar-refractivity contribution in [3.63, 3.8) is 0 Å². The van der Waals surface area contributed by atoms with Crippen LogP contribution in [0.25, 0.3) is 0 Å². The third-order valence-corrected chi connectivity index (χ3v) is 7.06. The minimum Gasteiger partial charge on any atom is -0.338 e. The zero-order valence-electron chi connectivity index (χ0n) is 16.0. The Balaban J connectivity index is 1.20. The summed E-state index contributed by atoms with van der Waals surface area (Å²) >= 11 is 3.33. The minimum absolute atomic E-state index is 0.165. The van der Waals surface area contributed by atoms with Gasteiger partial charge in [0.05, 0.1) is 11.1 Å². The lowest BCUT2D eigenvalue weighted by atomic mass is 9.84. The van der Waals surface area contributed by atoms with Crippen molar-refractivity contribution in [1.29, 1.82) is 0 Å². The van der Waals surface area contributed by atoms with E-state index in [0.29, 0.717) is 36.6 Å². The Morgan fingerprint density at radius 2 is 2.00 bits per heavy atom. The zero-order chi connectivity index (χ0) is 19.8. The second-order valence-corrected chi connectivity index (χ2v) is 9.25. The molecule has 1 aromatic carbocycles. The van der Waals surface area contributed by atoms with Gasteiger partial charge in [0.2, 0.25) is 0 Å². The Hall–Kier alpha value is -1.89. The largest absolute Gasteiger partial charge is 0.338 e. The molecule has 4 unspecified atom stereocenters. The molecule has 150 valence electrons. The first kappa shape index (κ1) is 19.4. The molecule has 4 rings (SSSR count). The summed E-state index contributed by atoms with van der Waals surface area (Å²) in [6.07, 6.45) is 5.76. The Kier molecular flexibility index (Phi) is 5.45. The van der Waals surface area contributed by atoms with Crippen LogP contribution in [0.1, 0.15) is 59.7 Å². The van der Waals surface area contributed by atoms with Crippen LogP contribution in [0.2, 0.25) is 0 Å². The molecule has 1 aliphatic heterocycles. The van der Waals surface area contributed by atoms with Gasteiger partial charge in [-0.2, -0.15) is 0 Å². The average molecular weight is 448 g/mol. The van der Waals surface area contributed by atoms with E-state index in [1.54, 1.807) is 18.2 Å². The standard InChI is InChI=1S/C21H26BrN3O3/c1-12(17-10-13-3-4-14(17)9-13)24-21(28)23-7-2-8-25-19(26)16-6-5-15(22)11-18(16)20(25)27/h5-6,11-14,17H,2-4,7-10H2,1H3,(H2,23,24,28). The molecule has 7 heteroatoms. The van der Waals surface area contributed by atoms with Gasteiger partial charge in [-0.05, 0) is 68.6 Å². The number of nitrogens with one attached hydrogen (secondary N) is 2. The van der Waals surface area contributed by atoms with Crippen molar-refractivity contribution in [2.45, 2.75) is 45.1 Å². The van der Waals surface area contributed by atoms with Crippen LogP contribution in [-0.2, 0) is 0 Å². The van der Waals surface area contributed by atoms with Crippen LogP contribution in [0.15, 0.2) is 22.7 Å². The van der Waals surface area contributed by atoms with E-state index >= 15 is 0 Å². The molecule has 2 aliphatic carbocycles. The molecule has 3 aliphatic rings. The summed E-state index contributed by atoms with van der Waals surface area (Å²) in [4.78, 5) is 38.3. The summed E-state index contributed by atoms with van der Waals surface area (Å²) in [5.41, 5.74) is 0.878. The predicted molar refractivity (Wildman–Crippen MR) is 109 cm³/mol. The highest BCUT2D eigenvalue weighted by Gasteiger charge is 2.42. The molecule has 4 atom stereocenters. The topological polar surface area (TPSA) is 78.5 Å². The van der Waals surface area contributed by atoms with Gasteiger partial charge in [0.15, 0.2) is 0 Å². The summed E-state index contributed by atoms with van der Waals surface area (Å²) < 4.78 is 0.775. The van der Waals surface area contributed by atoms with Gasteiger partial charge in [-0.15, -0.1) is 0 Å². The summed E-state index contributed by atoms with van der Waals surface area (Å²) in [7, 11) is 0. The van der Waals surface area contributed by atoms with Crippen LogP contribution in [-0.4, -0.2) is 41.9 Å². The number of carbonyl (C=O) groups is 3. The number of urea groups is 1. The number of carbonyl (C=O) groups excluding carboxylic acids is 3. The molecule has 2 fully saturated rings. The number of rotatable bonds is 6. The van der Waals surface area contributed by atoms with Gasteiger partial charge in [-0.1, -0.05) is 22.4 Å². The van der Waals surface area contributed by atoms with Crippen molar-refractivity contribution < 1.29 is 14.4 Å². The van der Waals surface area contributed by atoms with E-state index in [2.05, 4.69) is 33.5 Å². The van der Waals surface area contributed by atoms with Gasteiger partial charge in [0, 0.05) is 23.6 Å². The van der Waals surface area contributed by atoms with Crippen LogP contribution in [0.3, 0.4) is 0 Å². The van der Waals surface area contributed by atoms with Crippen LogP contribution >= 0.6 is 15.9 Å². The smallest absolute Gasteiger partial charge is 0.315 e. The molecule has 6 nitrogen and oxygen atoms in total. The molecule has 4 amide bonds. The van der Waals surface area contributed by atoms with Gasteiger partial charge in [0.25, 0.3) is 11.8 Å². The van der Waals surface area contributed by atoms with Crippen molar-refractivity contribution in [1.82, 2.24) is 15.5 Å². The molecule has 0 spiro atoms. The molecular weight excluding hydrogens is 422 g/mol. The highest BCUT2D eigenvalue weighted by molar-refractivity contribution is 9.10. The van der Waals surface area contributed by atoms with E-state index in [9.17, 15) is 14.4 Å². The van der Waals surface area contributed by atoms with Crippen molar-refractivity contribution in [3.8, 4) is 0 Å². The van der Waals surface area contributed by atoms with Gasteiger partial charge in [-0.25, -0.2) is 4.79 Å². The lowest BCUT2D eigenvalue weighted by Crippen LogP contribution is -2.45. The Labute approximate surface area is 173 Å². The average Bonchev–Trinajstić information content (AvgIpc) is 3.35. The highest BCUT2D eigenvalue weighted by atomic mass is 79.9. The molecule has 1 aromatic rings. The first-order valence-corrected chi connectivity index (χ1v) is 10.9. The molecule has 2 saturated carbocycles. The number of hydrogen-bond acceptors (Lipinski definition) is 3. The predicted octanol–water partition coefficient (Wildman–Crippen LogP) is 3.56. The van der Waals surface area contributed by atoms with Crippen molar-refractivity contribution in [3.05, 3.63) is 33.8 Å². The fourth-order valence-corrected chi connectivity index (χ4v) is 5.54. The summed E-state index contributed by atoms with van der Waals surface area (Å²) in [6.45, 7) is 2.82. The van der Waals surface area contributed by atoms with Crippen LogP contribution < -0.4 is 10.6 Å². The van der Waals surface area contributed by atoms with E-state index < -0.39 is 0 Å². The summed E-state index contributed by atoms with van der Waals surface area (Å²) in [5.74, 6) is 1.71. The number of benzene rings is 1. The van der Waals surface area contributed by atoms with Crippen LogP contribution in [0, 0.1) is 17.8 Å². The van der Waals surface area contributed by atoms with Crippen molar-refractivity contribution in [2.75, 3.05) is 13.1 Å². The fraction of sp³-hybridized carbons (Fsp3) is 0.571. The fourth-order valence-electron chi connectivity index (χ4n) is 5.18. The van der Waals surface area contributed by atoms with E-state index in [1.807, 2.05) is 0 Å². The normalized spacial score (nSPS) is 26.5. The van der Waals surface area contributed by atoms with Crippen molar-refractivity contribution in [2.24, 2.45) is 17.8 Å². The molecule has 2 bridgehead atoms. The second-order valence-electron chi connectivity index (χ2n) is 8.33. The van der Waals surface area contributed by atoms with Crippen molar-refractivity contribution >= 4 is 33.8 Å². The maximum atomic E-state index is 12.4. The van der Waals surface area contributed by atoms with E-state index in [4.69, 9.17) is 0 Å². The number of imide groups is 1. The lowest BCUT2D eigenvalue weighted by molar-refractivity contribution is 0.0653. The van der Waals surface area contributed by atoms with Gasteiger partial charge < -0.3 is 10.6 Å². The third kappa shape index (κ3) is 3.69. The van der Waals surface area contributed by atoms with Crippen LogP contribution in [0.4, 0.5) is 4.79 Å². The summed E-state index contributed by atoms with van der Waals surface area (Å²) in [5, 5.41) is 5.93. The van der Waals surface area contributed by atoms with Gasteiger partial charge in [0.1, 0.15) is 0 Å². The second kappa shape index (κ2) is 7.85. The van der Waals surface area contributed by atoms with Gasteiger partial charge in [-0.3, -0.25) is 14.5 Å². The molecule has 2 N–H and O–H groups in total. The maximum Gasteiger partial charge on any atom is 0.315 e. The zero-order valence-corrected chi connectivity index (χ0v) is 17.6. The lowest BCUT2D eigenvalue weighted by Gasteiger charge is -2.28. The SMILES string of the molecule is CC(NC(=O)NCCCN1C(=O)c2ccc(Br)cc2C1=O)C1CC2CCC1C2. The molecule has 0 saturated heterocycles. The first-order chi connectivity index (χ1) is 13.4. The monoisotopic (exact) mass is 447 g/mol. The quantitative estimate of drug-likeness (QED) is 0.516. The number of halogens is 1. The Morgan fingerprint density at radius 1 is 1.21 bits per heavy atom. The van der Waals surface area contributed by atoms with E-state index in [1.165, 1.54) is 30.6 Å². The van der Waals surface area contributed by atoms with Crippen LogP contribution in [0.5, 0.6) is 0 Å². The molecular formula is C21H26BrN3O3. The van der Waals surface area contributed by atoms with Gasteiger partial charge >= 0.3 is 6.03 Å². The third-order valence-electron chi connectivity index (χ3n) is 6.57.